The molecule has 1 saturated heterocycles. The number of quaternary nitrogens is 1. The molecule has 2 aromatic carbocycles. The smallest absolute Gasteiger partial charge is 0.336 e. The SMILES string of the molecule is CCc1ccc2oc(=O)cc(C[NH+]3CCN(c4ccccc4)CC3)c2c1. The van der Waals surface area contributed by atoms with Gasteiger partial charge in [-0.05, 0) is 36.2 Å². The van der Waals surface area contributed by atoms with E-state index in [0.29, 0.717) is 5.58 Å². The fourth-order valence-corrected chi connectivity index (χ4v) is 3.81. The van der Waals surface area contributed by atoms with Crippen molar-refractivity contribution in [3.05, 3.63) is 76.1 Å². The third kappa shape index (κ3) is 3.51. The van der Waals surface area contributed by atoms with Crippen LogP contribution in [-0.2, 0) is 13.0 Å². The van der Waals surface area contributed by atoms with E-state index in [9.17, 15) is 4.79 Å². The summed E-state index contributed by atoms with van der Waals surface area (Å²) in [7, 11) is 0. The Morgan fingerprint density at radius 3 is 2.54 bits per heavy atom. The zero-order chi connectivity index (χ0) is 17.9. The number of anilines is 1. The van der Waals surface area contributed by atoms with Gasteiger partial charge in [0.2, 0.25) is 0 Å². The van der Waals surface area contributed by atoms with Crippen LogP contribution in [0.1, 0.15) is 18.1 Å². The van der Waals surface area contributed by atoms with Crippen LogP contribution >= 0.6 is 0 Å². The lowest BCUT2D eigenvalue weighted by Gasteiger charge is -2.33. The first kappa shape index (κ1) is 16.9. The summed E-state index contributed by atoms with van der Waals surface area (Å²) in [6, 6.07) is 18.4. The minimum Gasteiger partial charge on any atom is -0.423 e. The summed E-state index contributed by atoms with van der Waals surface area (Å²) in [6.45, 7) is 7.25. The zero-order valence-corrected chi connectivity index (χ0v) is 15.2. The Morgan fingerprint density at radius 2 is 1.81 bits per heavy atom. The van der Waals surface area contributed by atoms with E-state index >= 15 is 0 Å². The second-order valence-corrected chi connectivity index (χ2v) is 7.02. The number of fused-ring (bicyclic) bond motifs is 1. The van der Waals surface area contributed by atoms with Crippen molar-refractivity contribution in [3.8, 4) is 0 Å². The van der Waals surface area contributed by atoms with Crippen LogP contribution in [0.2, 0.25) is 0 Å². The molecule has 2 heterocycles. The van der Waals surface area contributed by atoms with Crippen molar-refractivity contribution in [2.24, 2.45) is 0 Å². The van der Waals surface area contributed by atoms with Crippen molar-refractivity contribution in [1.29, 1.82) is 0 Å². The highest BCUT2D eigenvalue weighted by atomic mass is 16.4. The molecular weight excluding hydrogens is 324 g/mol. The average molecular weight is 349 g/mol. The van der Waals surface area contributed by atoms with E-state index in [1.54, 1.807) is 6.07 Å². The average Bonchev–Trinajstić information content (AvgIpc) is 2.69. The third-order valence-corrected chi connectivity index (χ3v) is 5.33. The maximum absolute atomic E-state index is 12.0. The van der Waals surface area contributed by atoms with Gasteiger partial charge in [-0.15, -0.1) is 0 Å². The van der Waals surface area contributed by atoms with E-state index < -0.39 is 0 Å². The highest BCUT2D eigenvalue weighted by molar-refractivity contribution is 5.80. The Bertz CT molecular complexity index is 941. The summed E-state index contributed by atoms with van der Waals surface area (Å²) < 4.78 is 5.39. The molecule has 0 bridgehead atoms. The minimum absolute atomic E-state index is 0.251. The minimum atomic E-state index is -0.251. The van der Waals surface area contributed by atoms with Gasteiger partial charge in [0.25, 0.3) is 0 Å². The summed E-state index contributed by atoms with van der Waals surface area (Å²) >= 11 is 0. The van der Waals surface area contributed by atoms with E-state index in [4.69, 9.17) is 4.42 Å². The molecule has 1 aliphatic rings. The standard InChI is InChI=1S/C22H24N2O2/c1-2-17-8-9-21-20(14-17)18(15-22(25)26-21)16-23-10-12-24(13-11-23)19-6-4-3-5-7-19/h3-9,14-15H,2,10-13,16H2,1H3/p+1. The van der Waals surface area contributed by atoms with Crippen LogP contribution in [-0.4, -0.2) is 26.2 Å². The van der Waals surface area contributed by atoms with Gasteiger partial charge in [-0.25, -0.2) is 4.79 Å². The molecular formula is C22H25N2O2+. The highest BCUT2D eigenvalue weighted by Crippen LogP contribution is 2.19. The maximum atomic E-state index is 12.0. The highest BCUT2D eigenvalue weighted by Gasteiger charge is 2.21. The first-order valence-corrected chi connectivity index (χ1v) is 9.42. The van der Waals surface area contributed by atoms with E-state index in [1.807, 2.05) is 12.1 Å². The predicted molar refractivity (Wildman–Crippen MR) is 105 cm³/mol. The van der Waals surface area contributed by atoms with Crippen LogP contribution in [0.15, 0.2) is 63.8 Å². The molecule has 0 spiro atoms. The summed E-state index contributed by atoms with van der Waals surface area (Å²) in [5, 5.41) is 1.09. The van der Waals surface area contributed by atoms with Crippen molar-refractivity contribution in [3.63, 3.8) is 0 Å². The lowest BCUT2D eigenvalue weighted by molar-refractivity contribution is -0.914. The van der Waals surface area contributed by atoms with Crippen LogP contribution < -0.4 is 15.4 Å². The normalized spacial score (nSPS) is 15.5. The van der Waals surface area contributed by atoms with Gasteiger partial charge < -0.3 is 14.2 Å². The summed E-state index contributed by atoms with van der Waals surface area (Å²) in [5.41, 5.74) is 4.13. The number of piperazine rings is 1. The van der Waals surface area contributed by atoms with Gasteiger partial charge >= 0.3 is 5.63 Å². The molecule has 1 N–H and O–H groups in total. The fraction of sp³-hybridized carbons (Fsp3) is 0.318. The Kier molecular flexibility index (Phi) is 4.76. The van der Waals surface area contributed by atoms with Gasteiger partial charge in [0.05, 0.1) is 26.2 Å². The molecule has 4 rings (SSSR count). The number of nitrogens with one attached hydrogen (secondary N) is 1. The Labute approximate surface area is 153 Å². The molecule has 0 aliphatic carbocycles. The predicted octanol–water partition coefficient (Wildman–Crippen LogP) is 2.26. The first-order valence-electron chi connectivity index (χ1n) is 9.42. The molecule has 0 atom stereocenters. The van der Waals surface area contributed by atoms with Crippen molar-refractivity contribution in [1.82, 2.24) is 0 Å². The van der Waals surface area contributed by atoms with Crippen LogP contribution in [0, 0.1) is 0 Å². The topological polar surface area (TPSA) is 37.9 Å². The zero-order valence-electron chi connectivity index (χ0n) is 15.2. The Hall–Kier alpha value is -2.59. The van der Waals surface area contributed by atoms with E-state index in [-0.39, 0.29) is 5.63 Å². The van der Waals surface area contributed by atoms with Crippen molar-refractivity contribution in [2.45, 2.75) is 19.9 Å². The number of benzene rings is 2. The number of hydrogen-bond donors (Lipinski definition) is 1. The molecule has 1 aromatic heterocycles. The quantitative estimate of drug-likeness (QED) is 0.734. The number of rotatable bonds is 4. The monoisotopic (exact) mass is 349 g/mol. The third-order valence-electron chi connectivity index (χ3n) is 5.33. The molecule has 0 unspecified atom stereocenters. The number of hydrogen-bond acceptors (Lipinski definition) is 3. The molecule has 4 heteroatoms. The molecule has 4 nitrogen and oxygen atoms in total. The van der Waals surface area contributed by atoms with Crippen LogP contribution in [0.25, 0.3) is 11.0 Å². The van der Waals surface area contributed by atoms with Crippen LogP contribution in [0.3, 0.4) is 0 Å². The van der Waals surface area contributed by atoms with Gasteiger partial charge in [-0.1, -0.05) is 31.2 Å². The van der Waals surface area contributed by atoms with E-state index in [1.165, 1.54) is 16.2 Å². The molecule has 0 saturated carbocycles. The van der Waals surface area contributed by atoms with Crippen molar-refractivity contribution < 1.29 is 9.32 Å². The summed E-state index contributed by atoms with van der Waals surface area (Å²) in [6.07, 6.45) is 0.983. The number of para-hydroxylation sites is 1. The van der Waals surface area contributed by atoms with Crippen molar-refractivity contribution in [2.75, 3.05) is 31.1 Å². The van der Waals surface area contributed by atoms with E-state index in [0.717, 1.165) is 50.1 Å². The maximum Gasteiger partial charge on any atom is 0.336 e. The largest absolute Gasteiger partial charge is 0.423 e. The molecule has 1 aliphatic heterocycles. The second-order valence-electron chi connectivity index (χ2n) is 7.02. The number of nitrogens with zero attached hydrogens (tertiary/aromatic N) is 1. The molecule has 3 aromatic rings. The van der Waals surface area contributed by atoms with Gasteiger partial charge in [-0.3, -0.25) is 0 Å². The Balaban J connectivity index is 1.52. The molecule has 1 fully saturated rings. The van der Waals surface area contributed by atoms with Crippen molar-refractivity contribution >= 4 is 16.7 Å². The van der Waals surface area contributed by atoms with Gasteiger partial charge in [-0.2, -0.15) is 0 Å². The Morgan fingerprint density at radius 1 is 1.04 bits per heavy atom. The number of aryl methyl sites for hydroxylation is 1. The lowest BCUT2D eigenvalue weighted by atomic mass is 10.0. The van der Waals surface area contributed by atoms with E-state index in [2.05, 4.69) is 48.2 Å². The second kappa shape index (κ2) is 7.34. The molecule has 26 heavy (non-hydrogen) atoms. The summed E-state index contributed by atoms with van der Waals surface area (Å²) in [4.78, 5) is 15.9. The van der Waals surface area contributed by atoms with Crippen LogP contribution in [0.4, 0.5) is 5.69 Å². The van der Waals surface area contributed by atoms with Gasteiger partial charge in [0.1, 0.15) is 12.1 Å². The van der Waals surface area contributed by atoms with Gasteiger partial charge in [0.15, 0.2) is 0 Å². The summed E-state index contributed by atoms with van der Waals surface area (Å²) in [5.74, 6) is 0. The van der Waals surface area contributed by atoms with Gasteiger partial charge in [0, 0.05) is 22.7 Å². The van der Waals surface area contributed by atoms with Crippen LogP contribution in [0.5, 0.6) is 0 Å². The molecule has 134 valence electrons. The lowest BCUT2D eigenvalue weighted by Crippen LogP contribution is -3.13. The fourth-order valence-electron chi connectivity index (χ4n) is 3.81. The molecule has 0 amide bonds. The first-order chi connectivity index (χ1) is 12.7. The molecule has 0 radical (unpaired) electrons.